The Labute approximate surface area is 130 Å². The van der Waals surface area contributed by atoms with Gasteiger partial charge in [0, 0.05) is 25.3 Å². The number of nitrogens with one attached hydrogen (secondary N) is 1. The van der Waals surface area contributed by atoms with Crippen molar-refractivity contribution in [3.8, 4) is 0 Å². The maximum atomic E-state index is 4.75. The van der Waals surface area contributed by atoms with Crippen molar-refractivity contribution in [1.29, 1.82) is 0 Å². The van der Waals surface area contributed by atoms with Gasteiger partial charge in [0.25, 0.3) is 0 Å². The summed E-state index contributed by atoms with van der Waals surface area (Å²) < 4.78 is 0. The van der Waals surface area contributed by atoms with Gasteiger partial charge >= 0.3 is 0 Å². The minimum atomic E-state index is 0.176. The van der Waals surface area contributed by atoms with E-state index in [2.05, 4.69) is 56.2 Å². The molecule has 2 heterocycles. The van der Waals surface area contributed by atoms with Gasteiger partial charge in [0.05, 0.1) is 0 Å². The van der Waals surface area contributed by atoms with E-state index in [0.717, 1.165) is 25.5 Å². The minimum absolute atomic E-state index is 0.176. The van der Waals surface area contributed by atoms with Gasteiger partial charge in [-0.05, 0) is 49.3 Å². The van der Waals surface area contributed by atoms with Crippen LogP contribution in [0.4, 0.5) is 5.82 Å². The Morgan fingerprint density at radius 2 is 2.10 bits per heavy atom. The van der Waals surface area contributed by atoms with Crippen LogP contribution in [-0.2, 0) is 5.41 Å². The summed E-state index contributed by atoms with van der Waals surface area (Å²) in [6.45, 7) is 12.3. The first-order valence-electron chi connectivity index (χ1n) is 8.46. The summed E-state index contributed by atoms with van der Waals surface area (Å²) in [5, 5.41) is 3.57. The third-order valence-corrected chi connectivity index (χ3v) is 4.34. The highest BCUT2D eigenvalue weighted by Gasteiger charge is 2.23. The Kier molecular flexibility index (Phi) is 5.63. The quantitative estimate of drug-likeness (QED) is 0.837. The molecule has 2 rings (SSSR count). The molecular formula is C18H31N3. The normalized spacial score (nSPS) is 19.8. The summed E-state index contributed by atoms with van der Waals surface area (Å²) in [4.78, 5) is 7.24. The number of pyridine rings is 1. The summed E-state index contributed by atoms with van der Waals surface area (Å²) in [5.41, 5.74) is 1.49. The standard InChI is InChI=1S/C18H31N3/c1-5-11-19-14-16-8-6-7-12-21(16)17-10-9-15(13-20-17)18(2,3)4/h9-10,13,16,19H,5-8,11-12,14H2,1-4H3. The second kappa shape index (κ2) is 7.26. The monoisotopic (exact) mass is 289 g/mol. The zero-order valence-electron chi connectivity index (χ0n) is 14.2. The topological polar surface area (TPSA) is 28.2 Å². The Hall–Kier alpha value is -1.09. The molecule has 0 saturated carbocycles. The highest BCUT2D eigenvalue weighted by molar-refractivity contribution is 5.42. The van der Waals surface area contributed by atoms with Gasteiger partial charge in [0.2, 0.25) is 0 Å². The second-order valence-electron chi connectivity index (χ2n) is 7.20. The highest BCUT2D eigenvalue weighted by atomic mass is 15.2. The van der Waals surface area contributed by atoms with Crippen LogP contribution in [0, 0.1) is 0 Å². The summed E-state index contributed by atoms with van der Waals surface area (Å²) in [6.07, 6.45) is 7.16. The molecule has 1 N–H and O–H groups in total. The predicted octanol–water partition coefficient (Wildman–Crippen LogP) is 3.74. The molecule has 1 aliphatic rings. The van der Waals surface area contributed by atoms with Gasteiger partial charge in [-0.25, -0.2) is 4.98 Å². The fraction of sp³-hybridized carbons (Fsp3) is 0.722. The van der Waals surface area contributed by atoms with Crippen molar-refractivity contribution in [1.82, 2.24) is 10.3 Å². The van der Waals surface area contributed by atoms with E-state index in [1.54, 1.807) is 0 Å². The molecule has 0 amide bonds. The third kappa shape index (κ3) is 4.44. The zero-order chi connectivity index (χ0) is 15.3. The lowest BCUT2D eigenvalue weighted by molar-refractivity contribution is 0.433. The van der Waals surface area contributed by atoms with Crippen LogP contribution >= 0.6 is 0 Å². The minimum Gasteiger partial charge on any atom is -0.352 e. The average molecular weight is 289 g/mol. The van der Waals surface area contributed by atoms with Gasteiger partial charge in [-0.1, -0.05) is 33.8 Å². The average Bonchev–Trinajstić information content (AvgIpc) is 2.47. The van der Waals surface area contributed by atoms with E-state index < -0.39 is 0 Å². The predicted molar refractivity (Wildman–Crippen MR) is 91.1 cm³/mol. The molecule has 1 aliphatic heterocycles. The van der Waals surface area contributed by atoms with Crippen molar-refractivity contribution < 1.29 is 0 Å². The third-order valence-electron chi connectivity index (χ3n) is 4.34. The Bertz CT molecular complexity index is 419. The van der Waals surface area contributed by atoms with Crippen molar-refractivity contribution in [3.63, 3.8) is 0 Å². The van der Waals surface area contributed by atoms with Crippen LogP contribution in [0.15, 0.2) is 18.3 Å². The summed E-state index contributed by atoms with van der Waals surface area (Å²) in [5.74, 6) is 1.14. The van der Waals surface area contributed by atoms with Crippen LogP contribution in [0.25, 0.3) is 0 Å². The number of anilines is 1. The molecular weight excluding hydrogens is 258 g/mol. The molecule has 0 aliphatic carbocycles. The van der Waals surface area contributed by atoms with Crippen LogP contribution in [0.2, 0.25) is 0 Å². The van der Waals surface area contributed by atoms with Gasteiger partial charge in [0.15, 0.2) is 0 Å². The van der Waals surface area contributed by atoms with E-state index in [0.29, 0.717) is 6.04 Å². The largest absolute Gasteiger partial charge is 0.352 e. The summed E-state index contributed by atoms with van der Waals surface area (Å²) >= 11 is 0. The molecule has 3 heteroatoms. The van der Waals surface area contributed by atoms with Crippen LogP contribution in [0.5, 0.6) is 0 Å². The Morgan fingerprint density at radius 1 is 1.29 bits per heavy atom. The summed E-state index contributed by atoms with van der Waals surface area (Å²) in [7, 11) is 0. The maximum Gasteiger partial charge on any atom is 0.128 e. The molecule has 0 spiro atoms. The molecule has 0 radical (unpaired) electrons. The molecule has 1 unspecified atom stereocenters. The lowest BCUT2D eigenvalue weighted by atomic mass is 9.88. The molecule has 118 valence electrons. The van der Waals surface area contributed by atoms with Crippen molar-refractivity contribution in [2.45, 2.75) is 64.8 Å². The lowest BCUT2D eigenvalue weighted by Gasteiger charge is -2.37. The van der Waals surface area contributed by atoms with E-state index >= 15 is 0 Å². The fourth-order valence-corrected chi connectivity index (χ4v) is 2.96. The smallest absolute Gasteiger partial charge is 0.128 e. The Morgan fingerprint density at radius 3 is 2.71 bits per heavy atom. The molecule has 0 bridgehead atoms. The van der Waals surface area contributed by atoms with Crippen LogP contribution in [0.3, 0.4) is 0 Å². The molecule has 1 aromatic rings. The molecule has 1 fully saturated rings. The Balaban J connectivity index is 2.06. The van der Waals surface area contributed by atoms with Crippen molar-refractivity contribution in [3.05, 3.63) is 23.9 Å². The number of nitrogens with zero attached hydrogens (tertiary/aromatic N) is 2. The highest BCUT2D eigenvalue weighted by Crippen LogP contribution is 2.26. The van der Waals surface area contributed by atoms with Gasteiger partial charge in [-0.3, -0.25) is 0 Å². The van der Waals surface area contributed by atoms with E-state index in [4.69, 9.17) is 4.98 Å². The maximum absolute atomic E-state index is 4.75. The number of piperidine rings is 1. The molecule has 3 nitrogen and oxygen atoms in total. The van der Waals surface area contributed by atoms with E-state index in [1.165, 1.54) is 31.2 Å². The number of hydrogen-bond donors (Lipinski definition) is 1. The van der Waals surface area contributed by atoms with Crippen LogP contribution in [0.1, 0.15) is 58.9 Å². The lowest BCUT2D eigenvalue weighted by Crippen LogP contribution is -2.46. The number of aromatic nitrogens is 1. The fourth-order valence-electron chi connectivity index (χ4n) is 2.96. The first-order chi connectivity index (χ1) is 10.0. The zero-order valence-corrected chi connectivity index (χ0v) is 14.2. The van der Waals surface area contributed by atoms with Gasteiger partial charge < -0.3 is 10.2 Å². The van der Waals surface area contributed by atoms with Gasteiger partial charge in [-0.15, -0.1) is 0 Å². The van der Waals surface area contributed by atoms with Crippen molar-refractivity contribution in [2.75, 3.05) is 24.5 Å². The van der Waals surface area contributed by atoms with Crippen LogP contribution in [-0.4, -0.2) is 30.7 Å². The van der Waals surface area contributed by atoms with Gasteiger partial charge in [-0.2, -0.15) is 0 Å². The van der Waals surface area contributed by atoms with E-state index in [-0.39, 0.29) is 5.41 Å². The first-order valence-corrected chi connectivity index (χ1v) is 8.46. The van der Waals surface area contributed by atoms with Crippen molar-refractivity contribution in [2.24, 2.45) is 0 Å². The second-order valence-corrected chi connectivity index (χ2v) is 7.20. The van der Waals surface area contributed by atoms with Crippen molar-refractivity contribution >= 4 is 5.82 Å². The van der Waals surface area contributed by atoms with E-state index in [9.17, 15) is 0 Å². The number of rotatable bonds is 5. The molecule has 21 heavy (non-hydrogen) atoms. The van der Waals surface area contributed by atoms with Gasteiger partial charge in [0.1, 0.15) is 5.82 Å². The summed E-state index contributed by atoms with van der Waals surface area (Å²) in [6, 6.07) is 5.05. The van der Waals surface area contributed by atoms with Crippen LogP contribution < -0.4 is 10.2 Å². The SMILES string of the molecule is CCCNCC1CCCCN1c1ccc(C(C)(C)C)cn1. The number of hydrogen-bond acceptors (Lipinski definition) is 3. The van der Waals surface area contributed by atoms with E-state index in [1.807, 2.05) is 0 Å². The molecule has 0 aromatic carbocycles. The molecule has 1 saturated heterocycles. The molecule has 1 aromatic heterocycles. The molecule has 1 atom stereocenters. The first kappa shape index (κ1) is 16.3.